The van der Waals surface area contributed by atoms with Crippen molar-refractivity contribution in [1.82, 2.24) is 14.8 Å². The first-order chi connectivity index (χ1) is 8.15. The van der Waals surface area contributed by atoms with Gasteiger partial charge in [0, 0.05) is 7.11 Å². The van der Waals surface area contributed by atoms with Crippen LogP contribution in [0.1, 0.15) is 42.8 Å². The van der Waals surface area contributed by atoms with Crippen LogP contribution in [0.4, 0.5) is 0 Å². The lowest BCUT2D eigenvalue weighted by molar-refractivity contribution is 0.0497. The Morgan fingerprint density at radius 2 is 2.12 bits per heavy atom. The highest BCUT2D eigenvalue weighted by atomic mass is 16.5. The summed E-state index contributed by atoms with van der Waals surface area (Å²) in [4.78, 5) is 11.7. The molecule has 0 spiro atoms. The van der Waals surface area contributed by atoms with E-state index < -0.39 is 5.97 Å². The topological polar surface area (TPSA) is 66.2 Å². The average Bonchev–Trinajstić information content (AvgIpc) is 2.68. The van der Waals surface area contributed by atoms with Crippen LogP contribution in [0, 0.1) is 6.92 Å². The third-order valence-corrected chi connectivity index (χ3v) is 2.52. The van der Waals surface area contributed by atoms with Crippen LogP contribution in [0.25, 0.3) is 0 Å². The summed E-state index contributed by atoms with van der Waals surface area (Å²) < 4.78 is 11.9. The van der Waals surface area contributed by atoms with E-state index in [1.807, 2.05) is 13.8 Å². The summed E-state index contributed by atoms with van der Waals surface area (Å²) in [5, 5.41) is 7.80. The molecule has 1 unspecified atom stereocenters. The van der Waals surface area contributed by atoms with Gasteiger partial charge in [0.25, 0.3) is 0 Å². The largest absolute Gasteiger partial charge is 0.460 e. The van der Waals surface area contributed by atoms with Crippen LogP contribution < -0.4 is 0 Å². The van der Waals surface area contributed by atoms with Crippen LogP contribution in [0.15, 0.2) is 0 Å². The van der Waals surface area contributed by atoms with Crippen LogP contribution in [0.2, 0.25) is 0 Å². The summed E-state index contributed by atoms with van der Waals surface area (Å²) in [7, 11) is 1.63. The third-order valence-electron chi connectivity index (χ3n) is 2.52. The molecule has 1 atom stereocenters. The van der Waals surface area contributed by atoms with Gasteiger partial charge >= 0.3 is 5.97 Å². The molecule has 0 aliphatic heterocycles. The molecule has 1 rings (SSSR count). The molecule has 0 saturated carbocycles. The first-order valence-electron chi connectivity index (χ1n) is 5.73. The Kier molecular flexibility index (Phi) is 5.09. The second kappa shape index (κ2) is 6.34. The number of carbonyl (C=O) groups is 1. The second-order valence-corrected chi connectivity index (χ2v) is 3.68. The van der Waals surface area contributed by atoms with Gasteiger partial charge in [0.15, 0.2) is 0 Å². The van der Waals surface area contributed by atoms with Crippen LogP contribution in [0.3, 0.4) is 0 Å². The Morgan fingerprint density at radius 1 is 1.41 bits per heavy atom. The van der Waals surface area contributed by atoms with Crippen molar-refractivity contribution in [1.29, 1.82) is 0 Å². The van der Waals surface area contributed by atoms with E-state index in [1.54, 1.807) is 18.6 Å². The van der Waals surface area contributed by atoms with Gasteiger partial charge in [-0.25, -0.2) is 4.79 Å². The summed E-state index contributed by atoms with van der Waals surface area (Å²) in [5.41, 5.74) is 0. The van der Waals surface area contributed by atoms with Gasteiger partial charge in [0.2, 0.25) is 5.82 Å². The predicted octanol–water partition coefficient (Wildman–Crippen LogP) is 1.36. The molecule has 6 nitrogen and oxygen atoms in total. The molecule has 17 heavy (non-hydrogen) atoms. The Bertz CT molecular complexity index is 376. The summed E-state index contributed by atoms with van der Waals surface area (Å²) in [6.07, 6.45) is 0.832. The number of hydrogen-bond donors (Lipinski definition) is 0. The maximum absolute atomic E-state index is 11.7. The van der Waals surface area contributed by atoms with Gasteiger partial charge in [-0.15, -0.1) is 10.2 Å². The van der Waals surface area contributed by atoms with Crippen molar-refractivity contribution >= 4 is 5.97 Å². The molecular formula is C11H19N3O3. The summed E-state index contributed by atoms with van der Waals surface area (Å²) in [6.45, 7) is 6.44. The van der Waals surface area contributed by atoms with E-state index in [1.165, 1.54) is 0 Å². The standard InChI is InChI=1S/C11H19N3O3/c1-5-9(7-16-4)14-8(3)12-13-10(14)11(15)17-6-2/h9H,5-7H2,1-4H3. The number of hydrogen-bond acceptors (Lipinski definition) is 5. The molecule has 96 valence electrons. The summed E-state index contributed by atoms with van der Waals surface area (Å²) in [5.74, 6) is 0.493. The quantitative estimate of drug-likeness (QED) is 0.703. The fourth-order valence-corrected chi connectivity index (χ4v) is 1.71. The van der Waals surface area contributed by atoms with Gasteiger partial charge in [0.05, 0.1) is 19.3 Å². The van der Waals surface area contributed by atoms with Crippen LogP contribution >= 0.6 is 0 Å². The molecule has 1 heterocycles. The molecule has 0 fully saturated rings. The minimum absolute atomic E-state index is 0.0504. The number of aromatic nitrogens is 3. The second-order valence-electron chi connectivity index (χ2n) is 3.68. The molecule has 1 aromatic rings. The van der Waals surface area contributed by atoms with E-state index in [-0.39, 0.29) is 11.9 Å². The smallest absolute Gasteiger partial charge is 0.376 e. The SMILES string of the molecule is CCOC(=O)c1nnc(C)n1C(CC)COC. The molecule has 0 saturated heterocycles. The zero-order chi connectivity index (χ0) is 12.8. The molecule has 0 bridgehead atoms. The fraction of sp³-hybridized carbons (Fsp3) is 0.727. The number of carbonyl (C=O) groups excluding carboxylic acids is 1. The average molecular weight is 241 g/mol. The Hall–Kier alpha value is -1.43. The zero-order valence-corrected chi connectivity index (χ0v) is 10.8. The molecule has 1 aromatic heterocycles. The highest BCUT2D eigenvalue weighted by molar-refractivity contribution is 5.85. The minimum Gasteiger partial charge on any atom is -0.460 e. The molecule has 0 radical (unpaired) electrons. The van der Waals surface area contributed by atoms with E-state index in [4.69, 9.17) is 9.47 Å². The highest BCUT2D eigenvalue weighted by Gasteiger charge is 2.22. The minimum atomic E-state index is -0.442. The van der Waals surface area contributed by atoms with Crippen LogP contribution in [0.5, 0.6) is 0 Å². The van der Waals surface area contributed by atoms with Gasteiger partial charge < -0.3 is 14.0 Å². The number of ether oxygens (including phenoxy) is 2. The maximum atomic E-state index is 11.7. The summed E-state index contributed by atoms with van der Waals surface area (Å²) >= 11 is 0. The van der Waals surface area contributed by atoms with E-state index in [9.17, 15) is 4.79 Å². The number of aryl methyl sites for hydroxylation is 1. The number of methoxy groups -OCH3 is 1. The van der Waals surface area contributed by atoms with Crippen LogP contribution in [-0.2, 0) is 9.47 Å². The molecule has 0 N–H and O–H groups in total. The van der Waals surface area contributed by atoms with Crippen molar-refractivity contribution in [2.75, 3.05) is 20.3 Å². The zero-order valence-electron chi connectivity index (χ0n) is 10.8. The van der Waals surface area contributed by atoms with Crippen LogP contribution in [-0.4, -0.2) is 41.1 Å². The van der Waals surface area contributed by atoms with Crippen molar-refractivity contribution in [2.24, 2.45) is 0 Å². The van der Waals surface area contributed by atoms with E-state index >= 15 is 0 Å². The molecule has 0 aromatic carbocycles. The lowest BCUT2D eigenvalue weighted by atomic mass is 10.2. The highest BCUT2D eigenvalue weighted by Crippen LogP contribution is 2.16. The lowest BCUT2D eigenvalue weighted by Gasteiger charge is -2.18. The van der Waals surface area contributed by atoms with E-state index in [0.29, 0.717) is 19.0 Å². The molecule has 0 aliphatic carbocycles. The number of rotatable bonds is 6. The first-order valence-corrected chi connectivity index (χ1v) is 5.73. The van der Waals surface area contributed by atoms with Crippen molar-refractivity contribution in [3.8, 4) is 0 Å². The monoisotopic (exact) mass is 241 g/mol. The Morgan fingerprint density at radius 3 is 2.65 bits per heavy atom. The van der Waals surface area contributed by atoms with E-state index in [0.717, 1.165) is 6.42 Å². The predicted molar refractivity (Wildman–Crippen MR) is 61.9 cm³/mol. The van der Waals surface area contributed by atoms with E-state index in [2.05, 4.69) is 10.2 Å². The Balaban J connectivity index is 3.03. The van der Waals surface area contributed by atoms with Crippen molar-refractivity contribution in [3.05, 3.63) is 11.6 Å². The molecule has 0 amide bonds. The van der Waals surface area contributed by atoms with Gasteiger partial charge in [-0.05, 0) is 20.3 Å². The maximum Gasteiger partial charge on any atom is 0.376 e. The molecule has 6 heteroatoms. The van der Waals surface area contributed by atoms with Gasteiger partial charge in [-0.2, -0.15) is 0 Å². The number of esters is 1. The Labute approximate surface area is 101 Å². The summed E-state index contributed by atoms with van der Waals surface area (Å²) in [6, 6.07) is 0.0504. The van der Waals surface area contributed by atoms with Crippen molar-refractivity contribution in [3.63, 3.8) is 0 Å². The van der Waals surface area contributed by atoms with Crippen molar-refractivity contribution in [2.45, 2.75) is 33.2 Å². The first kappa shape index (κ1) is 13.6. The number of nitrogens with zero attached hydrogens (tertiary/aromatic N) is 3. The van der Waals surface area contributed by atoms with Gasteiger partial charge in [0.1, 0.15) is 5.82 Å². The normalized spacial score (nSPS) is 12.5. The van der Waals surface area contributed by atoms with Gasteiger partial charge in [-0.3, -0.25) is 0 Å². The molecular weight excluding hydrogens is 222 g/mol. The van der Waals surface area contributed by atoms with Gasteiger partial charge in [-0.1, -0.05) is 6.92 Å². The fourth-order valence-electron chi connectivity index (χ4n) is 1.71. The molecule has 0 aliphatic rings. The lowest BCUT2D eigenvalue weighted by Crippen LogP contribution is -2.21. The third kappa shape index (κ3) is 3.03. The van der Waals surface area contributed by atoms with Crippen molar-refractivity contribution < 1.29 is 14.3 Å².